The van der Waals surface area contributed by atoms with E-state index >= 15 is 0 Å². The summed E-state index contributed by atoms with van der Waals surface area (Å²) in [6.07, 6.45) is 1.81. The van der Waals surface area contributed by atoms with E-state index in [0.29, 0.717) is 27.1 Å². The Balaban J connectivity index is 1.72. The standard InChI is InChI=1S/C24H20BrFN2O4/c1-31-23-11-16(10-20(25)24(23)32-14-15-6-2-4-8-21(15)26)19(13-28(29)30)18-12-27-22-9-5-3-7-17(18)22/h2-12,19,27H,13-14H2,1H3/t19-/m0/s1. The molecular formula is C24H20BrFN2O4. The molecule has 4 aromatic rings. The number of nitro groups is 1. The Morgan fingerprint density at radius 1 is 1.16 bits per heavy atom. The summed E-state index contributed by atoms with van der Waals surface area (Å²) in [5.74, 6) is -0.0613. The monoisotopic (exact) mass is 498 g/mol. The van der Waals surface area contributed by atoms with Gasteiger partial charge in [-0.2, -0.15) is 0 Å². The molecular weight excluding hydrogens is 479 g/mol. The third-order valence-corrected chi connectivity index (χ3v) is 5.90. The summed E-state index contributed by atoms with van der Waals surface area (Å²) in [7, 11) is 1.50. The van der Waals surface area contributed by atoms with Crippen molar-refractivity contribution < 1.29 is 18.8 Å². The van der Waals surface area contributed by atoms with Crippen molar-refractivity contribution in [2.45, 2.75) is 12.5 Å². The predicted molar refractivity (Wildman–Crippen MR) is 123 cm³/mol. The molecule has 0 bridgehead atoms. The lowest BCUT2D eigenvalue weighted by Crippen LogP contribution is -2.14. The fraction of sp³-hybridized carbons (Fsp3) is 0.167. The molecule has 1 N–H and O–H groups in total. The maximum Gasteiger partial charge on any atom is 0.214 e. The van der Waals surface area contributed by atoms with E-state index in [0.717, 1.165) is 16.5 Å². The highest BCUT2D eigenvalue weighted by atomic mass is 79.9. The number of para-hydroxylation sites is 1. The zero-order valence-electron chi connectivity index (χ0n) is 17.2. The Hall–Kier alpha value is -3.39. The molecule has 0 fully saturated rings. The van der Waals surface area contributed by atoms with Crippen LogP contribution in [0.3, 0.4) is 0 Å². The van der Waals surface area contributed by atoms with E-state index in [9.17, 15) is 14.5 Å². The first kappa shape index (κ1) is 21.8. The van der Waals surface area contributed by atoms with Gasteiger partial charge >= 0.3 is 0 Å². The number of nitrogens with zero attached hydrogens (tertiary/aromatic N) is 1. The molecule has 6 nitrogen and oxygen atoms in total. The van der Waals surface area contributed by atoms with Crippen LogP contribution in [0.5, 0.6) is 11.5 Å². The van der Waals surface area contributed by atoms with Crippen LogP contribution in [0.25, 0.3) is 10.9 Å². The van der Waals surface area contributed by atoms with E-state index < -0.39 is 5.92 Å². The molecule has 0 aliphatic rings. The van der Waals surface area contributed by atoms with Gasteiger partial charge in [0, 0.05) is 27.6 Å². The summed E-state index contributed by atoms with van der Waals surface area (Å²) in [6.45, 7) is -0.269. The molecule has 3 aromatic carbocycles. The molecule has 4 rings (SSSR count). The van der Waals surface area contributed by atoms with Crippen molar-refractivity contribution in [3.05, 3.63) is 104 Å². The summed E-state index contributed by atoms with van der Waals surface area (Å²) in [6, 6.07) is 17.6. The maximum atomic E-state index is 14.0. The van der Waals surface area contributed by atoms with E-state index in [4.69, 9.17) is 9.47 Å². The van der Waals surface area contributed by atoms with Crippen molar-refractivity contribution in [2.24, 2.45) is 0 Å². The Labute approximate surface area is 192 Å². The zero-order chi connectivity index (χ0) is 22.7. The summed E-state index contributed by atoms with van der Waals surface area (Å²) in [5, 5.41) is 12.4. The van der Waals surface area contributed by atoms with Gasteiger partial charge in [-0.25, -0.2) is 4.39 Å². The smallest absolute Gasteiger partial charge is 0.214 e. The molecule has 0 aliphatic carbocycles. The molecule has 1 atom stereocenters. The summed E-state index contributed by atoms with van der Waals surface area (Å²) >= 11 is 3.50. The molecule has 0 spiro atoms. The minimum atomic E-state index is -0.507. The highest BCUT2D eigenvalue weighted by Crippen LogP contribution is 2.41. The van der Waals surface area contributed by atoms with Crippen molar-refractivity contribution in [3.63, 3.8) is 0 Å². The molecule has 1 heterocycles. The van der Waals surface area contributed by atoms with Crippen LogP contribution in [0.4, 0.5) is 4.39 Å². The number of rotatable bonds is 8. The lowest BCUT2D eigenvalue weighted by atomic mass is 9.90. The van der Waals surface area contributed by atoms with E-state index in [1.165, 1.54) is 13.2 Å². The number of ether oxygens (including phenoxy) is 2. The minimum absolute atomic E-state index is 0.0156. The van der Waals surface area contributed by atoms with Gasteiger partial charge in [0.05, 0.1) is 17.5 Å². The van der Waals surface area contributed by atoms with Crippen molar-refractivity contribution in [2.75, 3.05) is 13.7 Å². The summed E-state index contributed by atoms with van der Waals surface area (Å²) in [4.78, 5) is 14.4. The number of methoxy groups -OCH3 is 1. The highest BCUT2D eigenvalue weighted by molar-refractivity contribution is 9.10. The third kappa shape index (κ3) is 4.45. The molecule has 0 aliphatic heterocycles. The molecule has 164 valence electrons. The first-order chi connectivity index (χ1) is 15.5. The van der Waals surface area contributed by atoms with Gasteiger partial charge in [-0.15, -0.1) is 0 Å². The van der Waals surface area contributed by atoms with Crippen LogP contribution in [-0.4, -0.2) is 23.6 Å². The molecule has 1 aromatic heterocycles. The van der Waals surface area contributed by atoms with Crippen molar-refractivity contribution in [1.82, 2.24) is 4.98 Å². The Morgan fingerprint density at radius 2 is 1.91 bits per heavy atom. The molecule has 0 unspecified atom stereocenters. The predicted octanol–water partition coefficient (Wildman–Crippen LogP) is 6.07. The lowest BCUT2D eigenvalue weighted by Gasteiger charge is -2.18. The fourth-order valence-electron chi connectivity index (χ4n) is 3.76. The van der Waals surface area contributed by atoms with Crippen LogP contribution in [0, 0.1) is 15.9 Å². The van der Waals surface area contributed by atoms with Gasteiger partial charge in [0.2, 0.25) is 6.54 Å². The zero-order valence-corrected chi connectivity index (χ0v) is 18.8. The topological polar surface area (TPSA) is 77.4 Å². The number of hydrogen-bond donors (Lipinski definition) is 1. The highest BCUT2D eigenvalue weighted by Gasteiger charge is 2.26. The van der Waals surface area contributed by atoms with Gasteiger partial charge in [-0.3, -0.25) is 10.1 Å². The number of aromatic amines is 1. The maximum absolute atomic E-state index is 14.0. The van der Waals surface area contributed by atoms with Crippen molar-refractivity contribution in [1.29, 1.82) is 0 Å². The number of nitrogens with one attached hydrogen (secondary N) is 1. The van der Waals surface area contributed by atoms with Gasteiger partial charge in [-0.05, 0) is 51.3 Å². The third-order valence-electron chi connectivity index (χ3n) is 5.31. The van der Waals surface area contributed by atoms with Gasteiger partial charge in [0.25, 0.3) is 0 Å². The van der Waals surface area contributed by atoms with Crippen LogP contribution in [0.2, 0.25) is 0 Å². The first-order valence-electron chi connectivity index (χ1n) is 9.89. The van der Waals surface area contributed by atoms with E-state index in [-0.39, 0.29) is 23.9 Å². The lowest BCUT2D eigenvalue weighted by molar-refractivity contribution is -0.481. The van der Waals surface area contributed by atoms with E-state index in [1.54, 1.807) is 30.3 Å². The average molecular weight is 499 g/mol. The second-order valence-corrected chi connectivity index (χ2v) is 8.13. The summed E-state index contributed by atoms with van der Waals surface area (Å²) in [5.41, 5.74) is 2.85. The van der Waals surface area contributed by atoms with Crippen LogP contribution >= 0.6 is 15.9 Å². The normalized spacial score (nSPS) is 12.0. The quantitative estimate of drug-likeness (QED) is 0.236. The van der Waals surface area contributed by atoms with Crippen LogP contribution in [0.15, 0.2) is 71.3 Å². The fourth-order valence-corrected chi connectivity index (χ4v) is 4.34. The minimum Gasteiger partial charge on any atom is -0.493 e. The van der Waals surface area contributed by atoms with Crippen LogP contribution < -0.4 is 9.47 Å². The SMILES string of the molecule is COc1cc([C@H](C[N+](=O)[O-])c2c[nH]c3ccccc23)cc(Br)c1OCc1ccccc1F. The number of H-pyrrole nitrogens is 1. The first-order valence-corrected chi connectivity index (χ1v) is 10.7. The van der Waals surface area contributed by atoms with Crippen LogP contribution in [0.1, 0.15) is 22.6 Å². The Morgan fingerprint density at radius 3 is 2.66 bits per heavy atom. The second kappa shape index (κ2) is 9.40. The molecule has 8 heteroatoms. The molecule has 0 saturated carbocycles. The van der Waals surface area contributed by atoms with Gasteiger partial charge in [0.15, 0.2) is 11.5 Å². The Bertz CT molecular complexity index is 1270. The van der Waals surface area contributed by atoms with E-state index in [2.05, 4.69) is 20.9 Å². The number of halogens is 2. The largest absolute Gasteiger partial charge is 0.493 e. The second-order valence-electron chi connectivity index (χ2n) is 7.27. The molecule has 0 saturated heterocycles. The van der Waals surface area contributed by atoms with Crippen molar-refractivity contribution in [3.8, 4) is 11.5 Å². The number of benzene rings is 3. The van der Waals surface area contributed by atoms with E-state index in [1.807, 2.05) is 30.5 Å². The number of aromatic nitrogens is 1. The van der Waals surface area contributed by atoms with Gasteiger partial charge < -0.3 is 14.5 Å². The van der Waals surface area contributed by atoms with Crippen LogP contribution in [-0.2, 0) is 6.61 Å². The molecule has 0 radical (unpaired) electrons. The van der Waals surface area contributed by atoms with Gasteiger partial charge in [-0.1, -0.05) is 36.4 Å². The Kier molecular flexibility index (Phi) is 6.41. The van der Waals surface area contributed by atoms with Gasteiger partial charge in [0.1, 0.15) is 12.4 Å². The number of fused-ring (bicyclic) bond motifs is 1. The number of hydrogen-bond acceptors (Lipinski definition) is 4. The molecule has 0 amide bonds. The average Bonchev–Trinajstić information content (AvgIpc) is 3.21. The molecule has 32 heavy (non-hydrogen) atoms. The van der Waals surface area contributed by atoms with Crippen molar-refractivity contribution >= 4 is 26.8 Å². The summed E-state index contributed by atoms with van der Waals surface area (Å²) < 4.78 is 25.9.